The smallest absolute Gasteiger partial charge is 0.219 e. The average molecular weight is 950 g/mol. The fourth-order valence-electron chi connectivity index (χ4n) is 7.22. The van der Waals surface area contributed by atoms with Crippen LogP contribution in [0.3, 0.4) is 0 Å². The molecule has 0 aliphatic carbocycles. The van der Waals surface area contributed by atoms with Gasteiger partial charge in [-0.1, -0.05) is 111 Å². The first-order valence-corrected chi connectivity index (χ1v) is 20.9. The minimum absolute atomic E-state index is 0. The molecule has 4 aromatic heterocycles. The Kier molecular flexibility index (Phi) is 14.4. The molecule has 0 aliphatic rings. The zero-order valence-electron chi connectivity index (χ0n) is 35.8. The van der Waals surface area contributed by atoms with Crippen molar-refractivity contribution in [3.8, 4) is 22.4 Å². The molecule has 56 heavy (non-hydrogen) atoms. The SMILES string of the molecule is CCC(C)(CC)C(=O)/C=C(\O)C(C)(CC)CC.Cc1sc2cc(-c3cc(-c4[c-]c5ccncc5c(C(C)(C)C)c4)nc4occ(C)c34)ccc2c1CC(C)C.[Ir]. The Bertz CT molecular complexity index is 2350. The first-order chi connectivity index (χ1) is 25.9. The molecule has 0 bridgehead atoms. The summed E-state index contributed by atoms with van der Waals surface area (Å²) in [6, 6.07) is 17.0. The summed E-state index contributed by atoms with van der Waals surface area (Å²) in [6.45, 7) is 27.7. The quantitative estimate of drug-likeness (QED) is 0.0795. The maximum absolute atomic E-state index is 12.2. The summed E-state index contributed by atoms with van der Waals surface area (Å²) in [5, 5.41) is 14.8. The van der Waals surface area contributed by atoms with Crippen LogP contribution in [-0.2, 0) is 36.7 Å². The number of aliphatic hydroxyl groups is 1. The van der Waals surface area contributed by atoms with Crippen LogP contribution in [0.5, 0.6) is 0 Å². The predicted molar refractivity (Wildman–Crippen MR) is 234 cm³/mol. The summed E-state index contributed by atoms with van der Waals surface area (Å²) in [5.41, 5.74) is 8.02. The van der Waals surface area contributed by atoms with Gasteiger partial charge in [-0.25, -0.2) is 0 Å². The molecule has 0 aliphatic heterocycles. The van der Waals surface area contributed by atoms with E-state index in [1.807, 2.05) is 77.6 Å². The van der Waals surface area contributed by atoms with E-state index >= 15 is 0 Å². The number of carbonyl (C=O) groups excluding carboxylic acids is 1. The molecule has 5 nitrogen and oxygen atoms in total. The molecular formula is C49H61IrN2O3S-. The summed E-state index contributed by atoms with van der Waals surface area (Å²) < 4.78 is 7.32. The van der Waals surface area contributed by atoms with Gasteiger partial charge in [0.1, 0.15) is 5.76 Å². The molecule has 1 radical (unpaired) electrons. The average Bonchev–Trinajstić information content (AvgIpc) is 3.69. The van der Waals surface area contributed by atoms with E-state index in [9.17, 15) is 9.90 Å². The molecule has 2 aromatic carbocycles. The zero-order valence-corrected chi connectivity index (χ0v) is 39.0. The molecule has 0 unspecified atom stereocenters. The second-order valence-electron chi connectivity index (χ2n) is 17.3. The standard InChI is InChI=1S/C34H33N2OS.C15H28O2.Ir/c1-19(2)12-26-21(4)38-31-15-22(8-9-25(26)31)27-16-30(36-33-32(27)20(3)18-37-33)24-13-23-10-11-35-17-28(23)29(14-24)34(5,6)7;1-7-14(5,8-2)12(16)11-13(17)15(6,9-3)10-4;/h8-11,14-19H,12H2,1-7H3;11,16H,7-10H2,1-6H3;/q-1;;/b;12-11-;. The van der Waals surface area contributed by atoms with Crippen LogP contribution in [0.2, 0.25) is 0 Å². The zero-order chi connectivity index (χ0) is 40.5. The molecule has 301 valence electrons. The van der Waals surface area contributed by atoms with Crippen LogP contribution in [-0.4, -0.2) is 20.9 Å². The topological polar surface area (TPSA) is 76.2 Å². The predicted octanol–water partition coefficient (Wildman–Crippen LogP) is 14.5. The van der Waals surface area contributed by atoms with Crippen molar-refractivity contribution in [3.63, 3.8) is 0 Å². The van der Waals surface area contributed by atoms with Gasteiger partial charge in [-0.15, -0.1) is 34.9 Å². The van der Waals surface area contributed by atoms with Crippen LogP contribution in [0.1, 0.15) is 123 Å². The van der Waals surface area contributed by atoms with E-state index in [4.69, 9.17) is 9.40 Å². The molecule has 0 atom stereocenters. The number of pyridine rings is 2. The van der Waals surface area contributed by atoms with E-state index in [-0.39, 0.29) is 47.9 Å². The van der Waals surface area contributed by atoms with Crippen molar-refractivity contribution in [2.24, 2.45) is 16.7 Å². The van der Waals surface area contributed by atoms with E-state index in [1.165, 1.54) is 37.7 Å². The van der Waals surface area contributed by atoms with Gasteiger partial charge < -0.3 is 9.52 Å². The van der Waals surface area contributed by atoms with Crippen LogP contribution in [0, 0.1) is 36.7 Å². The van der Waals surface area contributed by atoms with E-state index in [0.29, 0.717) is 11.6 Å². The van der Waals surface area contributed by atoms with Crippen LogP contribution in [0.4, 0.5) is 0 Å². The molecule has 0 saturated carbocycles. The first kappa shape index (κ1) is 45.1. The van der Waals surface area contributed by atoms with E-state index in [2.05, 4.69) is 89.8 Å². The Morgan fingerprint density at radius 2 is 1.59 bits per heavy atom. The molecule has 0 saturated heterocycles. The number of aryl methyl sites for hydroxylation is 2. The molecular weight excluding hydrogens is 889 g/mol. The molecule has 6 aromatic rings. The van der Waals surface area contributed by atoms with Crippen molar-refractivity contribution >= 4 is 49.1 Å². The molecule has 1 N–H and O–H groups in total. The number of carbonyl (C=O) groups is 1. The summed E-state index contributed by atoms with van der Waals surface area (Å²) in [7, 11) is 0. The van der Waals surface area contributed by atoms with Gasteiger partial charge >= 0.3 is 0 Å². The Balaban J connectivity index is 0.000000330. The Labute approximate surface area is 352 Å². The first-order valence-electron chi connectivity index (χ1n) is 20.1. The van der Waals surface area contributed by atoms with Gasteiger partial charge in [0.05, 0.1) is 6.26 Å². The third-order valence-corrected chi connectivity index (χ3v) is 13.1. The number of fused-ring (bicyclic) bond motifs is 3. The van der Waals surface area contributed by atoms with Gasteiger partial charge in [0.2, 0.25) is 5.71 Å². The van der Waals surface area contributed by atoms with Crippen molar-refractivity contribution in [2.45, 2.75) is 128 Å². The van der Waals surface area contributed by atoms with Crippen molar-refractivity contribution in [1.29, 1.82) is 0 Å². The molecule has 0 fully saturated rings. The van der Waals surface area contributed by atoms with Crippen LogP contribution in [0.25, 0.3) is 54.3 Å². The van der Waals surface area contributed by atoms with Crippen molar-refractivity contribution < 1.29 is 34.4 Å². The summed E-state index contributed by atoms with van der Waals surface area (Å²) >= 11 is 1.90. The van der Waals surface area contributed by atoms with E-state index < -0.39 is 0 Å². The number of ketones is 1. The van der Waals surface area contributed by atoms with Gasteiger partial charge in [-0.2, -0.15) is 0 Å². The minimum atomic E-state index is -0.337. The number of thiophene rings is 1. The molecule has 7 heteroatoms. The number of aromatic nitrogens is 2. The normalized spacial score (nSPS) is 12.6. The minimum Gasteiger partial charge on any atom is -0.512 e. The molecule has 0 amide bonds. The van der Waals surface area contributed by atoms with Gasteiger partial charge in [0, 0.05) is 63.9 Å². The second-order valence-corrected chi connectivity index (χ2v) is 18.6. The second kappa shape index (κ2) is 17.9. The van der Waals surface area contributed by atoms with Gasteiger partial charge in [0.15, 0.2) is 5.78 Å². The Hall–Kier alpha value is -3.64. The number of rotatable bonds is 11. The number of allylic oxidation sites excluding steroid dienone is 2. The van der Waals surface area contributed by atoms with E-state index in [0.717, 1.165) is 70.6 Å². The number of benzene rings is 2. The molecule has 6 rings (SSSR count). The fraction of sp³-hybridized carbons (Fsp3) is 0.449. The molecule has 0 spiro atoms. The summed E-state index contributed by atoms with van der Waals surface area (Å²) in [5.74, 6) is 0.919. The summed E-state index contributed by atoms with van der Waals surface area (Å²) in [6.07, 6.45) is 11.5. The maximum atomic E-state index is 12.2. The largest absolute Gasteiger partial charge is 0.512 e. The number of hydrogen-bond acceptors (Lipinski definition) is 6. The van der Waals surface area contributed by atoms with Crippen molar-refractivity contribution in [2.75, 3.05) is 0 Å². The maximum Gasteiger partial charge on any atom is 0.219 e. The third-order valence-electron chi connectivity index (χ3n) is 12.0. The van der Waals surface area contributed by atoms with Crippen LogP contribution >= 0.6 is 11.3 Å². The summed E-state index contributed by atoms with van der Waals surface area (Å²) in [4.78, 5) is 23.0. The number of aliphatic hydroxyl groups excluding tert-OH is 1. The van der Waals surface area contributed by atoms with Crippen molar-refractivity contribution in [3.05, 3.63) is 94.5 Å². The van der Waals surface area contributed by atoms with Gasteiger partial charge in [0.25, 0.3) is 0 Å². The monoisotopic (exact) mass is 950 g/mol. The van der Waals surface area contributed by atoms with Crippen LogP contribution < -0.4 is 0 Å². The fourth-order valence-corrected chi connectivity index (χ4v) is 8.36. The number of hydrogen-bond donors (Lipinski definition) is 1. The van der Waals surface area contributed by atoms with Crippen molar-refractivity contribution in [1.82, 2.24) is 9.97 Å². The number of furan rings is 1. The van der Waals surface area contributed by atoms with Gasteiger partial charge in [-0.05, 0) is 97.2 Å². The third kappa shape index (κ3) is 9.22. The van der Waals surface area contributed by atoms with Crippen LogP contribution in [0.15, 0.2) is 71.3 Å². The van der Waals surface area contributed by atoms with E-state index in [1.54, 1.807) is 0 Å². The molecule has 4 heterocycles. The Morgan fingerprint density at radius 1 is 0.929 bits per heavy atom. The Morgan fingerprint density at radius 3 is 2.20 bits per heavy atom. The number of nitrogens with zero attached hydrogens (tertiary/aromatic N) is 2. The van der Waals surface area contributed by atoms with Gasteiger partial charge in [-0.3, -0.25) is 14.8 Å².